The molecule has 1 aromatic rings. The minimum Gasteiger partial charge on any atom is -0.321 e. The molecule has 1 aliphatic heterocycles. The number of carbonyl (C=O) groups excluding carboxylic acids is 1. The van der Waals surface area contributed by atoms with Gasteiger partial charge in [-0.25, -0.2) is 9.78 Å². The molecule has 1 fully saturated rings. The summed E-state index contributed by atoms with van der Waals surface area (Å²) in [6.45, 7) is 1.47. The van der Waals surface area contributed by atoms with E-state index in [0.29, 0.717) is 4.60 Å². The maximum atomic E-state index is 11.6. The Morgan fingerprint density at radius 3 is 2.76 bits per heavy atom. The first kappa shape index (κ1) is 12.0. The predicted molar refractivity (Wildman–Crippen MR) is 63.1 cm³/mol. The van der Waals surface area contributed by atoms with E-state index in [4.69, 9.17) is 4.84 Å². The molecule has 7 nitrogen and oxygen atoms in total. The van der Waals surface area contributed by atoms with E-state index in [2.05, 4.69) is 36.6 Å². The quantitative estimate of drug-likeness (QED) is 0.836. The van der Waals surface area contributed by atoms with Crippen LogP contribution in [0.2, 0.25) is 0 Å². The first-order valence-electron chi connectivity index (χ1n) is 5.33. The molecule has 0 atom stereocenters. The van der Waals surface area contributed by atoms with Crippen molar-refractivity contribution in [3.05, 3.63) is 10.8 Å². The highest BCUT2D eigenvalue weighted by molar-refractivity contribution is 9.10. The molecule has 0 saturated carbocycles. The number of aromatic nitrogens is 3. The van der Waals surface area contributed by atoms with Crippen molar-refractivity contribution in [2.45, 2.75) is 19.3 Å². The summed E-state index contributed by atoms with van der Waals surface area (Å²) in [4.78, 5) is 22.0. The number of nitrogens with zero attached hydrogens (tertiary/aromatic N) is 4. The van der Waals surface area contributed by atoms with Gasteiger partial charge in [0.25, 0.3) is 5.95 Å². The number of carbonyl (C=O) groups is 1. The molecule has 1 amide bonds. The number of halogens is 1. The minimum absolute atomic E-state index is 0.151. The lowest BCUT2D eigenvalue weighted by atomic mass is 10.1. The van der Waals surface area contributed by atoms with Crippen LogP contribution in [0, 0.1) is 0 Å². The Balaban J connectivity index is 1.81. The highest BCUT2D eigenvalue weighted by Crippen LogP contribution is 2.10. The summed E-state index contributed by atoms with van der Waals surface area (Å²) in [5, 5.41) is 7.39. The fourth-order valence-corrected chi connectivity index (χ4v) is 1.72. The van der Waals surface area contributed by atoms with E-state index in [0.717, 1.165) is 32.4 Å². The third-order valence-corrected chi connectivity index (χ3v) is 2.74. The predicted octanol–water partition coefficient (Wildman–Crippen LogP) is 1.58. The lowest BCUT2D eigenvalue weighted by molar-refractivity contribution is 0.113. The Hall–Kier alpha value is -1.44. The number of rotatable bonds is 2. The van der Waals surface area contributed by atoms with Gasteiger partial charge in [-0.3, -0.25) is 0 Å². The summed E-state index contributed by atoms with van der Waals surface area (Å²) in [6, 6.07) is 0. The summed E-state index contributed by atoms with van der Waals surface area (Å²) in [5.41, 5.74) is 2.37. The van der Waals surface area contributed by atoms with Crippen LogP contribution in [0.4, 0.5) is 10.7 Å². The van der Waals surface area contributed by atoms with Crippen molar-refractivity contribution in [3.8, 4) is 0 Å². The van der Waals surface area contributed by atoms with Gasteiger partial charge in [-0.2, -0.15) is 5.48 Å². The highest BCUT2D eigenvalue weighted by atomic mass is 79.9. The van der Waals surface area contributed by atoms with Crippen LogP contribution < -0.4 is 5.48 Å². The lowest BCUT2D eigenvalue weighted by Crippen LogP contribution is -2.37. The smallest absolute Gasteiger partial charge is 0.321 e. The van der Waals surface area contributed by atoms with Crippen LogP contribution in [0.15, 0.2) is 10.8 Å². The van der Waals surface area contributed by atoms with Gasteiger partial charge >= 0.3 is 6.09 Å². The summed E-state index contributed by atoms with van der Waals surface area (Å²) in [6.07, 6.45) is 4.26. The Morgan fingerprint density at radius 2 is 2.12 bits per heavy atom. The molecule has 0 bridgehead atoms. The third kappa shape index (κ3) is 3.52. The van der Waals surface area contributed by atoms with Crippen molar-refractivity contribution in [2.75, 3.05) is 18.6 Å². The molecule has 0 radical (unpaired) electrons. The van der Waals surface area contributed by atoms with Crippen LogP contribution in [0.5, 0.6) is 0 Å². The zero-order chi connectivity index (χ0) is 12.1. The maximum Gasteiger partial charge on any atom is 0.434 e. The topological polar surface area (TPSA) is 80.2 Å². The van der Waals surface area contributed by atoms with Crippen molar-refractivity contribution in [1.82, 2.24) is 20.1 Å². The fourth-order valence-electron chi connectivity index (χ4n) is 1.54. The van der Waals surface area contributed by atoms with E-state index in [-0.39, 0.29) is 5.95 Å². The van der Waals surface area contributed by atoms with Crippen LogP contribution in [-0.2, 0) is 4.84 Å². The van der Waals surface area contributed by atoms with Crippen molar-refractivity contribution in [1.29, 1.82) is 0 Å². The molecule has 1 aliphatic rings. The van der Waals surface area contributed by atoms with Gasteiger partial charge in [0.05, 0.1) is 6.20 Å². The van der Waals surface area contributed by atoms with Gasteiger partial charge in [0.2, 0.25) is 0 Å². The maximum absolute atomic E-state index is 11.6. The standard InChI is InChI=1S/C9H12BrN5O2/c10-7-6-11-8(13-12-7)14-17-9(16)15-4-2-1-3-5-15/h6H,1-5H2,(H,11,13,14). The molecule has 2 rings (SSSR count). The van der Waals surface area contributed by atoms with E-state index in [9.17, 15) is 4.79 Å². The number of hydrogen-bond acceptors (Lipinski definition) is 6. The molecule has 92 valence electrons. The molecule has 0 unspecified atom stereocenters. The van der Waals surface area contributed by atoms with Crippen LogP contribution in [0.3, 0.4) is 0 Å². The van der Waals surface area contributed by atoms with Crippen molar-refractivity contribution in [3.63, 3.8) is 0 Å². The highest BCUT2D eigenvalue weighted by Gasteiger charge is 2.18. The normalized spacial score (nSPS) is 15.5. The van der Waals surface area contributed by atoms with Crippen molar-refractivity contribution >= 4 is 28.0 Å². The molecule has 1 saturated heterocycles. The average molecular weight is 302 g/mol. The first-order chi connectivity index (χ1) is 8.25. The van der Waals surface area contributed by atoms with Crippen LogP contribution in [0.1, 0.15) is 19.3 Å². The van der Waals surface area contributed by atoms with Crippen LogP contribution in [-0.4, -0.2) is 39.3 Å². The molecule has 8 heteroatoms. The van der Waals surface area contributed by atoms with Gasteiger partial charge in [-0.05, 0) is 35.2 Å². The average Bonchev–Trinajstić information content (AvgIpc) is 2.39. The van der Waals surface area contributed by atoms with Gasteiger partial charge in [-0.1, -0.05) is 0 Å². The second-order valence-electron chi connectivity index (χ2n) is 3.62. The number of nitrogens with one attached hydrogen (secondary N) is 1. The zero-order valence-corrected chi connectivity index (χ0v) is 10.7. The van der Waals surface area contributed by atoms with Gasteiger partial charge in [0, 0.05) is 13.1 Å². The SMILES string of the molecule is O=C(ONc1ncc(Br)nn1)N1CCCCC1. The zero-order valence-electron chi connectivity index (χ0n) is 9.10. The molecular formula is C9H12BrN5O2. The summed E-state index contributed by atoms with van der Waals surface area (Å²) in [5.74, 6) is 0.151. The lowest BCUT2D eigenvalue weighted by Gasteiger charge is -2.25. The molecule has 1 aromatic heterocycles. The van der Waals surface area contributed by atoms with E-state index in [1.165, 1.54) is 6.20 Å². The van der Waals surface area contributed by atoms with E-state index >= 15 is 0 Å². The van der Waals surface area contributed by atoms with Crippen molar-refractivity contribution < 1.29 is 9.63 Å². The Bertz CT molecular complexity index is 379. The molecule has 0 aliphatic carbocycles. The number of hydrogen-bond donors (Lipinski definition) is 1. The molecule has 17 heavy (non-hydrogen) atoms. The summed E-state index contributed by atoms with van der Waals surface area (Å²) < 4.78 is 0.519. The Labute approximate surface area is 107 Å². The third-order valence-electron chi connectivity index (χ3n) is 2.38. The van der Waals surface area contributed by atoms with E-state index in [1.807, 2.05) is 0 Å². The fraction of sp³-hybridized carbons (Fsp3) is 0.556. The Kier molecular flexibility index (Phi) is 4.08. The second-order valence-corrected chi connectivity index (χ2v) is 4.43. The van der Waals surface area contributed by atoms with Crippen LogP contribution in [0.25, 0.3) is 0 Å². The second kappa shape index (κ2) is 5.76. The van der Waals surface area contributed by atoms with Gasteiger partial charge < -0.3 is 9.74 Å². The number of piperidine rings is 1. The molecular weight excluding hydrogens is 290 g/mol. The van der Waals surface area contributed by atoms with Crippen LogP contribution >= 0.6 is 15.9 Å². The number of amides is 1. The summed E-state index contributed by atoms with van der Waals surface area (Å²) in [7, 11) is 0. The van der Waals surface area contributed by atoms with Crippen molar-refractivity contribution in [2.24, 2.45) is 0 Å². The molecule has 0 spiro atoms. The van der Waals surface area contributed by atoms with E-state index in [1.54, 1.807) is 4.90 Å². The molecule has 0 aromatic carbocycles. The Morgan fingerprint density at radius 1 is 1.35 bits per heavy atom. The molecule has 2 heterocycles. The minimum atomic E-state index is -0.406. The van der Waals surface area contributed by atoms with E-state index < -0.39 is 6.09 Å². The van der Waals surface area contributed by atoms with Gasteiger partial charge in [-0.15, -0.1) is 10.2 Å². The largest absolute Gasteiger partial charge is 0.434 e. The summed E-state index contributed by atoms with van der Waals surface area (Å²) >= 11 is 3.11. The number of likely N-dealkylation sites (tertiary alicyclic amines) is 1. The van der Waals surface area contributed by atoms with Gasteiger partial charge in [0.15, 0.2) is 0 Å². The van der Waals surface area contributed by atoms with Gasteiger partial charge in [0.1, 0.15) is 4.60 Å². The monoisotopic (exact) mass is 301 g/mol. The first-order valence-corrected chi connectivity index (χ1v) is 6.12. The molecule has 1 N–H and O–H groups in total. The number of anilines is 1.